The molecule has 3 rings (SSSR count). The minimum absolute atomic E-state index is 0.0856. The molecule has 108 valence electrons. The molecule has 1 aromatic heterocycles. The van der Waals surface area contributed by atoms with Crippen LogP contribution >= 0.6 is 11.8 Å². The summed E-state index contributed by atoms with van der Waals surface area (Å²) in [4.78, 5) is 16.7. The molecule has 0 bridgehead atoms. The summed E-state index contributed by atoms with van der Waals surface area (Å²) in [5.41, 5.74) is 4.44. The van der Waals surface area contributed by atoms with Crippen molar-refractivity contribution in [1.82, 2.24) is 14.9 Å². The predicted octanol–water partition coefficient (Wildman–Crippen LogP) is 1.39. The number of benzene rings is 1. The van der Waals surface area contributed by atoms with E-state index in [4.69, 9.17) is 4.84 Å². The molecule has 1 aromatic carbocycles. The minimum Gasteiger partial charge on any atom is -0.387 e. The molecule has 8 heteroatoms. The Morgan fingerprint density at radius 3 is 3.05 bits per heavy atom. The largest absolute Gasteiger partial charge is 0.387 e. The first-order chi connectivity index (χ1) is 10.2. The quantitative estimate of drug-likeness (QED) is 0.682. The van der Waals surface area contributed by atoms with Crippen molar-refractivity contribution in [2.24, 2.45) is 5.16 Å². The molecule has 0 spiro atoms. The number of carbonyl (C=O) groups is 1. The number of fused-ring (bicyclic) bond motifs is 1. The Labute approximate surface area is 125 Å². The van der Waals surface area contributed by atoms with Crippen LogP contribution in [0.2, 0.25) is 0 Å². The van der Waals surface area contributed by atoms with E-state index in [1.54, 1.807) is 0 Å². The first-order valence-electron chi connectivity index (χ1n) is 6.33. The Morgan fingerprint density at radius 1 is 1.43 bits per heavy atom. The average Bonchev–Trinajstić information content (AvgIpc) is 2.90. The highest BCUT2D eigenvalue weighted by Crippen LogP contribution is 2.19. The molecule has 21 heavy (non-hydrogen) atoms. The lowest BCUT2D eigenvalue weighted by Crippen LogP contribution is -2.30. The summed E-state index contributed by atoms with van der Waals surface area (Å²) in [6.45, 7) is 2.00. The predicted molar refractivity (Wildman–Crippen MR) is 78.6 cm³/mol. The topological polar surface area (TPSA) is 81.4 Å². The van der Waals surface area contributed by atoms with E-state index in [-0.39, 0.29) is 12.5 Å². The SMILES string of the molecule is C/C(=N\OCc1nnc2n1NC(=O)CS2)c1ccccc1. The summed E-state index contributed by atoms with van der Waals surface area (Å²) in [6, 6.07) is 9.74. The highest BCUT2D eigenvalue weighted by molar-refractivity contribution is 7.99. The van der Waals surface area contributed by atoms with Gasteiger partial charge in [0, 0.05) is 0 Å². The maximum Gasteiger partial charge on any atom is 0.249 e. The zero-order valence-electron chi connectivity index (χ0n) is 11.3. The normalized spacial score (nSPS) is 14.5. The number of rotatable bonds is 4. The molecule has 2 heterocycles. The number of amides is 1. The number of nitrogens with zero attached hydrogens (tertiary/aromatic N) is 4. The van der Waals surface area contributed by atoms with Crippen LogP contribution in [0.15, 0.2) is 40.6 Å². The second kappa shape index (κ2) is 5.96. The fourth-order valence-corrected chi connectivity index (χ4v) is 2.51. The highest BCUT2D eigenvalue weighted by atomic mass is 32.2. The van der Waals surface area contributed by atoms with Crippen LogP contribution in [0.3, 0.4) is 0 Å². The second-order valence-electron chi connectivity index (χ2n) is 4.37. The summed E-state index contributed by atoms with van der Waals surface area (Å²) >= 11 is 1.34. The molecule has 0 fully saturated rings. The molecule has 1 N–H and O–H groups in total. The minimum atomic E-state index is -0.0856. The zero-order valence-corrected chi connectivity index (χ0v) is 12.1. The molecular weight excluding hydrogens is 290 g/mol. The summed E-state index contributed by atoms with van der Waals surface area (Å²) in [5, 5.41) is 12.7. The zero-order chi connectivity index (χ0) is 14.7. The third-order valence-corrected chi connectivity index (χ3v) is 3.78. The lowest BCUT2D eigenvalue weighted by Gasteiger charge is -2.14. The van der Waals surface area contributed by atoms with Gasteiger partial charge in [-0.15, -0.1) is 10.2 Å². The Morgan fingerprint density at radius 2 is 2.24 bits per heavy atom. The number of thioether (sulfide) groups is 1. The van der Waals surface area contributed by atoms with Crippen molar-refractivity contribution in [3.8, 4) is 0 Å². The van der Waals surface area contributed by atoms with Gasteiger partial charge in [-0.3, -0.25) is 10.2 Å². The summed E-state index contributed by atoms with van der Waals surface area (Å²) in [5.74, 6) is 0.775. The smallest absolute Gasteiger partial charge is 0.249 e. The van der Waals surface area contributed by atoms with Crippen LogP contribution in [0, 0.1) is 0 Å². The average molecular weight is 303 g/mol. The van der Waals surface area contributed by atoms with E-state index in [9.17, 15) is 4.79 Å². The first-order valence-corrected chi connectivity index (χ1v) is 7.31. The van der Waals surface area contributed by atoms with Crippen molar-refractivity contribution in [2.75, 3.05) is 11.2 Å². The van der Waals surface area contributed by atoms with Crippen LogP contribution in [-0.2, 0) is 16.2 Å². The maximum atomic E-state index is 11.4. The molecule has 0 saturated carbocycles. The molecule has 7 nitrogen and oxygen atoms in total. The van der Waals surface area contributed by atoms with Gasteiger partial charge in [0.05, 0.1) is 11.5 Å². The monoisotopic (exact) mass is 303 g/mol. The molecule has 0 saturated heterocycles. The second-order valence-corrected chi connectivity index (χ2v) is 5.32. The number of nitrogens with one attached hydrogen (secondary N) is 1. The number of hydrogen-bond acceptors (Lipinski definition) is 6. The van der Waals surface area contributed by atoms with Crippen molar-refractivity contribution < 1.29 is 9.63 Å². The van der Waals surface area contributed by atoms with Crippen LogP contribution in [0.5, 0.6) is 0 Å². The van der Waals surface area contributed by atoms with Crippen molar-refractivity contribution >= 4 is 23.4 Å². The lowest BCUT2D eigenvalue weighted by molar-refractivity contribution is -0.115. The van der Waals surface area contributed by atoms with Crippen LogP contribution in [0.1, 0.15) is 18.3 Å². The van der Waals surface area contributed by atoms with Crippen molar-refractivity contribution in [2.45, 2.75) is 18.7 Å². The van der Waals surface area contributed by atoms with Gasteiger partial charge in [-0.25, -0.2) is 4.68 Å². The standard InChI is InChI=1S/C13H13N5O2S/c1-9(10-5-3-2-4-6-10)17-20-7-11-14-15-13-18(11)16-12(19)8-21-13/h2-6H,7-8H2,1H3,(H,16,19)/b17-9+. The number of oxime groups is 1. The molecule has 1 aliphatic rings. The van der Waals surface area contributed by atoms with Crippen LogP contribution in [0.25, 0.3) is 0 Å². The van der Waals surface area contributed by atoms with Crippen LogP contribution in [-0.4, -0.2) is 32.2 Å². The van der Waals surface area contributed by atoms with Crippen LogP contribution in [0.4, 0.5) is 0 Å². The number of carbonyl (C=O) groups excluding carboxylic acids is 1. The van der Waals surface area contributed by atoms with Crippen molar-refractivity contribution in [3.63, 3.8) is 0 Å². The van der Waals surface area contributed by atoms with Gasteiger partial charge in [0.2, 0.25) is 11.1 Å². The molecule has 1 amide bonds. The Bertz CT molecular complexity index is 683. The molecule has 1 aliphatic heterocycles. The van der Waals surface area contributed by atoms with Crippen LogP contribution < -0.4 is 5.43 Å². The van der Waals surface area contributed by atoms with Gasteiger partial charge in [0.25, 0.3) is 0 Å². The van der Waals surface area contributed by atoms with E-state index in [0.717, 1.165) is 11.3 Å². The summed E-state index contributed by atoms with van der Waals surface area (Å²) in [7, 11) is 0. The summed E-state index contributed by atoms with van der Waals surface area (Å²) < 4.78 is 1.53. The van der Waals surface area contributed by atoms with Gasteiger partial charge < -0.3 is 4.84 Å². The molecular formula is C13H13N5O2S. The summed E-state index contributed by atoms with van der Waals surface area (Å²) in [6.07, 6.45) is 0. The molecule has 0 unspecified atom stereocenters. The van der Waals surface area contributed by atoms with Gasteiger partial charge in [-0.05, 0) is 12.5 Å². The fraction of sp³-hybridized carbons (Fsp3) is 0.231. The van der Waals surface area contributed by atoms with E-state index < -0.39 is 0 Å². The first kappa shape index (κ1) is 13.6. The van der Waals surface area contributed by atoms with E-state index >= 15 is 0 Å². The third-order valence-electron chi connectivity index (χ3n) is 2.86. The molecule has 0 aliphatic carbocycles. The van der Waals surface area contributed by atoms with Gasteiger partial charge in [0.1, 0.15) is 0 Å². The van der Waals surface area contributed by atoms with Gasteiger partial charge in [-0.2, -0.15) is 0 Å². The fourth-order valence-electron chi connectivity index (χ4n) is 1.81. The Hall–Kier alpha value is -2.35. The maximum absolute atomic E-state index is 11.4. The van der Waals surface area contributed by atoms with E-state index in [1.807, 2.05) is 37.3 Å². The van der Waals surface area contributed by atoms with Gasteiger partial charge in [-0.1, -0.05) is 47.2 Å². The van der Waals surface area contributed by atoms with E-state index in [0.29, 0.717) is 16.7 Å². The Balaban J connectivity index is 1.66. The van der Waals surface area contributed by atoms with Crippen molar-refractivity contribution in [1.29, 1.82) is 0 Å². The van der Waals surface area contributed by atoms with E-state index in [2.05, 4.69) is 20.8 Å². The van der Waals surface area contributed by atoms with Gasteiger partial charge in [0.15, 0.2) is 12.4 Å². The Kier molecular flexibility index (Phi) is 3.87. The van der Waals surface area contributed by atoms with Crippen molar-refractivity contribution in [3.05, 3.63) is 41.7 Å². The number of aromatic nitrogens is 3. The molecule has 0 radical (unpaired) electrons. The molecule has 2 aromatic rings. The molecule has 0 atom stereocenters. The highest BCUT2D eigenvalue weighted by Gasteiger charge is 2.20. The lowest BCUT2D eigenvalue weighted by atomic mass is 10.1. The van der Waals surface area contributed by atoms with E-state index in [1.165, 1.54) is 16.4 Å². The van der Waals surface area contributed by atoms with Gasteiger partial charge >= 0.3 is 0 Å². The number of hydrogen-bond donors (Lipinski definition) is 1. The third kappa shape index (κ3) is 3.05.